The van der Waals surface area contributed by atoms with Crippen molar-refractivity contribution in [2.75, 3.05) is 13.6 Å². The molecule has 2 rings (SSSR count). The van der Waals surface area contributed by atoms with E-state index < -0.39 is 0 Å². The molecule has 1 fully saturated rings. The minimum absolute atomic E-state index is 0.131. The van der Waals surface area contributed by atoms with Gasteiger partial charge in [-0.3, -0.25) is 4.79 Å². The molecule has 1 aromatic rings. The number of benzene rings is 1. The topological polar surface area (TPSA) is 44.4 Å². The summed E-state index contributed by atoms with van der Waals surface area (Å²) >= 11 is 0. The summed E-state index contributed by atoms with van der Waals surface area (Å²) in [7, 11) is 1.87. The number of rotatable bonds is 4. The molecule has 1 heterocycles. The third-order valence-electron chi connectivity index (χ3n) is 3.42. The molecule has 1 amide bonds. The van der Waals surface area contributed by atoms with Gasteiger partial charge >= 0.3 is 0 Å². The first-order valence-corrected chi connectivity index (χ1v) is 6.89. The van der Waals surface area contributed by atoms with E-state index in [9.17, 15) is 4.79 Å². The van der Waals surface area contributed by atoms with Gasteiger partial charge in [0, 0.05) is 19.6 Å². The molecule has 1 saturated heterocycles. The zero-order chi connectivity index (χ0) is 13.8. The number of carbonyl (C=O) groups is 1. The van der Waals surface area contributed by atoms with Crippen LogP contribution in [0.2, 0.25) is 0 Å². The van der Waals surface area contributed by atoms with E-state index in [1.807, 2.05) is 30.1 Å². The van der Waals surface area contributed by atoms with Gasteiger partial charge in [0.05, 0.1) is 0 Å². The maximum Gasteiger partial charge on any atom is 0.240 e. The first-order chi connectivity index (χ1) is 9.08. The highest BCUT2D eigenvalue weighted by Crippen LogP contribution is 2.22. The standard InChI is InChI=1S/C15H23N3O/c1-11(2)10-18(3)15(19)14-9-13(16-17-14)12-7-5-4-6-8-12/h4-8,11,13-14,16-17H,9-10H2,1-3H3. The third-order valence-corrected chi connectivity index (χ3v) is 3.42. The molecule has 0 bridgehead atoms. The van der Waals surface area contributed by atoms with Gasteiger partial charge < -0.3 is 4.90 Å². The van der Waals surface area contributed by atoms with Crippen LogP contribution >= 0.6 is 0 Å². The number of hydrazine groups is 1. The van der Waals surface area contributed by atoms with Gasteiger partial charge in [-0.25, -0.2) is 10.9 Å². The highest BCUT2D eigenvalue weighted by atomic mass is 16.2. The fourth-order valence-electron chi connectivity index (χ4n) is 2.53. The predicted molar refractivity (Wildman–Crippen MR) is 76.3 cm³/mol. The van der Waals surface area contributed by atoms with Crippen LogP contribution in [0, 0.1) is 5.92 Å². The van der Waals surface area contributed by atoms with Gasteiger partial charge in [0.2, 0.25) is 5.91 Å². The van der Waals surface area contributed by atoms with E-state index in [1.54, 1.807) is 0 Å². The average Bonchev–Trinajstić information content (AvgIpc) is 2.87. The SMILES string of the molecule is CC(C)CN(C)C(=O)C1CC(c2ccccc2)NN1. The maximum atomic E-state index is 12.3. The van der Waals surface area contributed by atoms with Crippen molar-refractivity contribution < 1.29 is 4.79 Å². The lowest BCUT2D eigenvalue weighted by molar-refractivity contribution is -0.132. The Labute approximate surface area is 115 Å². The Morgan fingerprint density at radius 2 is 2.00 bits per heavy atom. The quantitative estimate of drug-likeness (QED) is 0.867. The van der Waals surface area contributed by atoms with Crippen molar-refractivity contribution in [3.63, 3.8) is 0 Å². The van der Waals surface area contributed by atoms with E-state index in [0.29, 0.717) is 5.92 Å². The second kappa shape index (κ2) is 6.17. The van der Waals surface area contributed by atoms with Crippen molar-refractivity contribution in [2.24, 2.45) is 5.92 Å². The van der Waals surface area contributed by atoms with Crippen LogP contribution in [0.3, 0.4) is 0 Å². The van der Waals surface area contributed by atoms with Crippen LogP contribution in [0.5, 0.6) is 0 Å². The number of hydrogen-bond acceptors (Lipinski definition) is 3. The van der Waals surface area contributed by atoms with E-state index >= 15 is 0 Å². The Bertz CT molecular complexity index is 419. The zero-order valence-corrected chi connectivity index (χ0v) is 11.9. The Morgan fingerprint density at radius 3 is 2.63 bits per heavy atom. The lowest BCUT2D eigenvalue weighted by Crippen LogP contribution is -2.45. The smallest absolute Gasteiger partial charge is 0.240 e. The van der Waals surface area contributed by atoms with Crippen LogP contribution in [0.15, 0.2) is 30.3 Å². The molecule has 2 N–H and O–H groups in total. The molecule has 0 radical (unpaired) electrons. The molecule has 2 unspecified atom stereocenters. The second-order valence-electron chi connectivity index (χ2n) is 5.65. The molecule has 1 aliphatic heterocycles. The van der Waals surface area contributed by atoms with Crippen LogP contribution in [-0.2, 0) is 4.79 Å². The zero-order valence-electron chi connectivity index (χ0n) is 11.9. The van der Waals surface area contributed by atoms with E-state index in [0.717, 1.165) is 13.0 Å². The van der Waals surface area contributed by atoms with Crippen LogP contribution in [0.25, 0.3) is 0 Å². The van der Waals surface area contributed by atoms with Gasteiger partial charge in [-0.1, -0.05) is 44.2 Å². The van der Waals surface area contributed by atoms with Crippen molar-refractivity contribution >= 4 is 5.91 Å². The Morgan fingerprint density at radius 1 is 1.32 bits per heavy atom. The monoisotopic (exact) mass is 261 g/mol. The fourth-order valence-corrected chi connectivity index (χ4v) is 2.53. The van der Waals surface area contributed by atoms with Crippen LogP contribution < -0.4 is 10.9 Å². The highest BCUT2D eigenvalue weighted by molar-refractivity contribution is 5.82. The van der Waals surface area contributed by atoms with Crippen LogP contribution in [-0.4, -0.2) is 30.4 Å². The Hall–Kier alpha value is -1.39. The molecule has 0 aromatic heterocycles. The van der Waals surface area contributed by atoms with Gasteiger partial charge in [-0.2, -0.15) is 0 Å². The Balaban J connectivity index is 1.93. The summed E-state index contributed by atoms with van der Waals surface area (Å²) in [5.41, 5.74) is 7.55. The number of hydrogen-bond donors (Lipinski definition) is 2. The Kier molecular flexibility index (Phi) is 4.56. The number of nitrogens with zero attached hydrogens (tertiary/aromatic N) is 1. The van der Waals surface area contributed by atoms with Gasteiger partial charge in [-0.15, -0.1) is 0 Å². The third kappa shape index (κ3) is 3.55. The minimum Gasteiger partial charge on any atom is -0.344 e. The number of carbonyl (C=O) groups excluding carboxylic acids is 1. The summed E-state index contributed by atoms with van der Waals surface area (Å²) in [6.07, 6.45) is 0.797. The first kappa shape index (κ1) is 14.0. The van der Waals surface area contributed by atoms with Gasteiger partial charge in [0.25, 0.3) is 0 Å². The second-order valence-corrected chi connectivity index (χ2v) is 5.65. The van der Waals surface area contributed by atoms with E-state index in [1.165, 1.54) is 5.56 Å². The summed E-state index contributed by atoms with van der Waals surface area (Å²) in [5, 5.41) is 0. The van der Waals surface area contributed by atoms with Gasteiger partial charge in [0.15, 0.2) is 0 Å². The molecular weight excluding hydrogens is 238 g/mol. The first-order valence-electron chi connectivity index (χ1n) is 6.89. The fraction of sp³-hybridized carbons (Fsp3) is 0.533. The summed E-state index contributed by atoms with van der Waals surface area (Å²) < 4.78 is 0. The predicted octanol–water partition coefficient (Wildman–Crippen LogP) is 1.71. The molecule has 4 heteroatoms. The van der Waals surface area contributed by atoms with Gasteiger partial charge in [-0.05, 0) is 17.9 Å². The molecule has 0 aliphatic carbocycles. The molecule has 1 aliphatic rings. The van der Waals surface area contributed by atoms with Crippen LogP contribution in [0.4, 0.5) is 0 Å². The molecule has 4 nitrogen and oxygen atoms in total. The highest BCUT2D eigenvalue weighted by Gasteiger charge is 2.31. The molecular formula is C15H23N3O. The summed E-state index contributed by atoms with van der Waals surface area (Å²) in [6.45, 7) is 5.04. The maximum absolute atomic E-state index is 12.3. The van der Waals surface area contributed by atoms with E-state index in [-0.39, 0.29) is 18.0 Å². The van der Waals surface area contributed by atoms with E-state index in [2.05, 4.69) is 36.8 Å². The number of amides is 1. The van der Waals surface area contributed by atoms with Crippen molar-refractivity contribution in [3.05, 3.63) is 35.9 Å². The largest absolute Gasteiger partial charge is 0.344 e. The lowest BCUT2D eigenvalue weighted by atomic mass is 10.0. The van der Waals surface area contributed by atoms with Crippen molar-refractivity contribution in [1.29, 1.82) is 0 Å². The summed E-state index contributed by atoms with van der Waals surface area (Å²) in [5.74, 6) is 0.660. The van der Waals surface area contributed by atoms with E-state index in [4.69, 9.17) is 0 Å². The number of nitrogens with one attached hydrogen (secondary N) is 2. The molecule has 0 spiro atoms. The minimum atomic E-state index is -0.131. The van der Waals surface area contributed by atoms with Crippen LogP contribution in [0.1, 0.15) is 31.9 Å². The molecule has 19 heavy (non-hydrogen) atoms. The molecule has 2 atom stereocenters. The average molecular weight is 261 g/mol. The lowest BCUT2D eigenvalue weighted by Gasteiger charge is -2.22. The summed E-state index contributed by atoms with van der Waals surface area (Å²) in [4.78, 5) is 14.1. The molecule has 104 valence electrons. The van der Waals surface area contributed by atoms with Crippen molar-refractivity contribution in [2.45, 2.75) is 32.4 Å². The normalized spacial score (nSPS) is 22.7. The number of likely N-dealkylation sites (N-methyl/N-ethyl adjacent to an activating group) is 1. The molecule has 1 aromatic carbocycles. The summed E-state index contributed by atoms with van der Waals surface area (Å²) in [6, 6.07) is 10.3. The van der Waals surface area contributed by atoms with Gasteiger partial charge in [0.1, 0.15) is 6.04 Å². The van der Waals surface area contributed by atoms with Crippen molar-refractivity contribution in [3.8, 4) is 0 Å². The van der Waals surface area contributed by atoms with Crippen molar-refractivity contribution in [1.82, 2.24) is 15.8 Å². The molecule has 0 saturated carbocycles.